The van der Waals surface area contributed by atoms with Crippen LogP contribution in [0.5, 0.6) is 0 Å². The van der Waals surface area contributed by atoms with E-state index in [4.69, 9.17) is 11.6 Å². The highest BCUT2D eigenvalue weighted by Gasteiger charge is 2.15. The first kappa shape index (κ1) is 21.0. The predicted octanol–water partition coefficient (Wildman–Crippen LogP) is 3.14. The Labute approximate surface area is 177 Å². The number of hydrogen-bond donors (Lipinski definition) is 2. The van der Waals surface area contributed by atoms with Crippen LogP contribution in [0.15, 0.2) is 28.6 Å². The van der Waals surface area contributed by atoms with Gasteiger partial charge in [-0.1, -0.05) is 34.7 Å². The summed E-state index contributed by atoms with van der Waals surface area (Å²) in [6, 6.07) is 6.82. The molecule has 1 fully saturated rings. The number of aromatic nitrogens is 2. The molecular formula is C18H22ClN5O2S2. The van der Waals surface area contributed by atoms with Crippen molar-refractivity contribution in [3.05, 3.63) is 34.3 Å². The van der Waals surface area contributed by atoms with Crippen molar-refractivity contribution < 1.29 is 9.59 Å². The number of anilines is 1. The maximum absolute atomic E-state index is 12.2. The number of rotatable bonds is 9. The van der Waals surface area contributed by atoms with Gasteiger partial charge in [-0.3, -0.25) is 9.59 Å². The predicted molar refractivity (Wildman–Crippen MR) is 113 cm³/mol. The molecule has 7 nitrogen and oxygen atoms in total. The first-order valence-electron chi connectivity index (χ1n) is 9.12. The molecule has 1 saturated heterocycles. The molecule has 0 radical (unpaired) electrons. The molecule has 2 N–H and O–H groups in total. The maximum Gasteiger partial charge on any atom is 0.286 e. The number of hydrogen-bond acceptors (Lipinski definition) is 7. The molecule has 150 valence electrons. The number of thioether (sulfide) groups is 1. The lowest BCUT2D eigenvalue weighted by Crippen LogP contribution is -2.29. The topological polar surface area (TPSA) is 87.2 Å². The van der Waals surface area contributed by atoms with E-state index >= 15 is 0 Å². The van der Waals surface area contributed by atoms with Crippen molar-refractivity contribution in [3.8, 4) is 0 Å². The Hall–Kier alpha value is -1.68. The van der Waals surface area contributed by atoms with E-state index in [1.54, 1.807) is 24.3 Å². The molecule has 1 aromatic carbocycles. The van der Waals surface area contributed by atoms with Gasteiger partial charge in [0.05, 0.1) is 5.75 Å². The van der Waals surface area contributed by atoms with Crippen LogP contribution in [0.3, 0.4) is 0 Å². The van der Waals surface area contributed by atoms with Crippen LogP contribution in [0.2, 0.25) is 5.02 Å². The number of nitrogens with one attached hydrogen (secondary N) is 2. The molecule has 0 spiro atoms. The SMILES string of the molecule is O=C(CSc1nnc(C(=O)Nc2ccc(Cl)cc2)s1)NCCCN1CCCC1. The van der Waals surface area contributed by atoms with Crippen molar-refractivity contribution in [2.24, 2.45) is 0 Å². The highest BCUT2D eigenvalue weighted by Crippen LogP contribution is 2.23. The Morgan fingerprint density at radius 2 is 1.93 bits per heavy atom. The Kier molecular flexibility index (Phi) is 8.08. The van der Waals surface area contributed by atoms with E-state index in [1.165, 1.54) is 49.0 Å². The molecule has 2 aromatic rings. The molecule has 10 heteroatoms. The van der Waals surface area contributed by atoms with Gasteiger partial charge in [0, 0.05) is 17.3 Å². The zero-order valence-electron chi connectivity index (χ0n) is 15.3. The minimum atomic E-state index is -0.335. The molecule has 0 saturated carbocycles. The Balaban J connectivity index is 1.35. The van der Waals surface area contributed by atoms with Crippen LogP contribution >= 0.6 is 34.7 Å². The lowest BCUT2D eigenvalue weighted by Gasteiger charge is -2.14. The van der Waals surface area contributed by atoms with E-state index in [0.29, 0.717) is 21.6 Å². The van der Waals surface area contributed by atoms with Crippen molar-refractivity contribution in [1.29, 1.82) is 0 Å². The molecule has 3 rings (SSSR count). The van der Waals surface area contributed by atoms with Crippen LogP contribution in [0.1, 0.15) is 29.1 Å². The van der Waals surface area contributed by atoms with Gasteiger partial charge in [-0.25, -0.2) is 0 Å². The first-order valence-corrected chi connectivity index (χ1v) is 11.3. The summed E-state index contributed by atoms with van der Waals surface area (Å²) in [5.41, 5.74) is 0.632. The van der Waals surface area contributed by atoms with E-state index < -0.39 is 0 Å². The molecule has 0 aliphatic carbocycles. The van der Waals surface area contributed by atoms with Crippen molar-refractivity contribution in [3.63, 3.8) is 0 Å². The zero-order chi connectivity index (χ0) is 19.8. The van der Waals surface area contributed by atoms with Crippen LogP contribution in [0, 0.1) is 0 Å². The maximum atomic E-state index is 12.2. The summed E-state index contributed by atoms with van der Waals surface area (Å²) in [4.78, 5) is 26.6. The summed E-state index contributed by atoms with van der Waals surface area (Å²) in [7, 11) is 0. The minimum Gasteiger partial charge on any atom is -0.355 e. The van der Waals surface area contributed by atoms with Crippen molar-refractivity contribution in [2.45, 2.75) is 23.6 Å². The fourth-order valence-electron chi connectivity index (χ4n) is 2.79. The summed E-state index contributed by atoms with van der Waals surface area (Å²) in [6.45, 7) is 4.07. The number of benzene rings is 1. The summed E-state index contributed by atoms with van der Waals surface area (Å²) in [5.74, 6) is -0.108. The molecule has 1 aliphatic rings. The third kappa shape index (κ3) is 6.73. The summed E-state index contributed by atoms with van der Waals surface area (Å²) < 4.78 is 0.591. The monoisotopic (exact) mass is 439 g/mol. The van der Waals surface area contributed by atoms with Crippen molar-refractivity contribution >= 4 is 52.2 Å². The molecule has 1 aromatic heterocycles. The van der Waals surface area contributed by atoms with Gasteiger partial charge in [-0.15, -0.1) is 10.2 Å². The lowest BCUT2D eigenvalue weighted by atomic mass is 10.3. The molecule has 0 bridgehead atoms. The summed E-state index contributed by atoms with van der Waals surface area (Å²) in [6.07, 6.45) is 3.53. The molecule has 2 heterocycles. The van der Waals surface area contributed by atoms with Crippen LogP contribution in [0.4, 0.5) is 5.69 Å². The number of amides is 2. The van der Waals surface area contributed by atoms with E-state index in [1.807, 2.05) is 0 Å². The molecule has 28 heavy (non-hydrogen) atoms. The Morgan fingerprint density at radius 3 is 2.68 bits per heavy atom. The second-order valence-electron chi connectivity index (χ2n) is 6.38. The number of likely N-dealkylation sites (tertiary alicyclic amines) is 1. The van der Waals surface area contributed by atoms with Gasteiger partial charge in [0.25, 0.3) is 5.91 Å². The van der Waals surface area contributed by atoms with Gasteiger partial charge in [0.2, 0.25) is 10.9 Å². The van der Waals surface area contributed by atoms with Gasteiger partial charge >= 0.3 is 0 Å². The van der Waals surface area contributed by atoms with E-state index in [-0.39, 0.29) is 22.6 Å². The standard InChI is InChI=1S/C18H22ClN5O2S2/c19-13-4-6-14(7-5-13)21-16(26)17-22-23-18(28-17)27-12-15(25)20-8-3-11-24-9-1-2-10-24/h4-7H,1-3,8-12H2,(H,20,25)(H,21,26). The summed E-state index contributed by atoms with van der Waals surface area (Å²) in [5, 5.41) is 14.4. The highest BCUT2D eigenvalue weighted by molar-refractivity contribution is 8.01. The highest BCUT2D eigenvalue weighted by atomic mass is 35.5. The fraction of sp³-hybridized carbons (Fsp3) is 0.444. The van der Waals surface area contributed by atoms with Gasteiger partial charge in [-0.2, -0.15) is 0 Å². The smallest absolute Gasteiger partial charge is 0.286 e. The third-order valence-electron chi connectivity index (χ3n) is 4.20. The molecule has 1 aliphatic heterocycles. The van der Waals surface area contributed by atoms with E-state index in [2.05, 4.69) is 25.7 Å². The van der Waals surface area contributed by atoms with Gasteiger partial charge < -0.3 is 15.5 Å². The van der Waals surface area contributed by atoms with Crippen LogP contribution in [0.25, 0.3) is 0 Å². The van der Waals surface area contributed by atoms with Crippen molar-refractivity contribution in [2.75, 3.05) is 37.2 Å². The Bertz CT molecular complexity index is 794. The number of carbonyl (C=O) groups excluding carboxylic acids is 2. The largest absolute Gasteiger partial charge is 0.355 e. The van der Waals surface area contributed by atoms with E-state index in [0.717, 1.165) is 13.0 Å². The molecular weight excluding hydrogens is 418 g/mol. The Morgan fingerprint density at radius 1 is 1.18 bits per heavy atom. The summed E-state index contributed by atoms with van der Waals surface area (Å²) >= 11 is 8.28. The third-order valence-corrected chi connectivity index (χ3v) is 6.51. The van der Waals surface area contributed by atoms with Crippen LogP contribution in [-0.2, 0) is 4.79 Å². The molecule has 2 amide bonds. The second kappa shape index (κ2) is 10.8. The minimum absolute atomic E-state index is 0.0335. The normalized spacial score (nSPS) is 14.2. The van der Waals surface area contributed by atoms with Gasteiger partial charge in [-0.05, 0) is 63.2 Å². The fourth-order valence-corrected chi connectivity index (χ4v) is 4.50. The van der Waals surface area contributed by atoms with Gasteiger partial charge in [0.15, 0.2) is 4.34 Å². The number of halogens is 1. The zero-order valence-corrected chi connectivity index (χ0v) is 17.7. The van der Waals surface area contributed by atoms with Crippen LogP contribution < -0.4 is 10.6 Å². The average Bonchev–Trinajstić information content (AvgIpc) is 3.37. The molecule has 0 atom stereocenters. The second-order valence-corrected chi connectivity index (χ2v) is 9.01. The van der Waals surface area contributed by atoms with E-state index in [9.17, 15) is 9.59 Å². The van der Waals surface area contributed by atoms with Crippen LogP contribution in [-0.4, -0.2) is 58.8 Å². The average molecular weight is 440 g/mol. The number of carbonyl (C=O) groups is 2. The lowest BCUT2D eigenvalue weighted by molar-refractivity contribution is -0.118. The quantitative estimate of drug-likeness (QED) is 0.461. The molecule has 0 unspecified atom stereocenters. The van der Waals surface area contributed by atoms with Gasteiger partial charge in [0.1, 0.15) is 0 Å². The first-order chi connectivity index (χ1) is 13.6. The number of nitrogens with zero attached hydrogens (tertiary/aromatic N) is 3. The van der Waals surface area contributed by atoms with Crippen molar-refractivity contribution in [1.82, 2.24) is 20.4 Å².